The maximum absolute atomic E-state index is 9.48. The third-order valence-electron chi connectivity index (χ3n) is 1.95. The van der Waals surface area contributed by atoms with E-state index in [1.807, 2.05) is 43.3 Å². The Bertz CT molecular complexity index is 273. The standard InChI is InChI=1S/C10H15NO2/c1-11(2)9-6-4-3-5-8(9)10(13)7-12/h3-6,10,12-13H,7H2,1-2H3. The Morgan fingerprint density at radius 1 is 1.31 bits per heavy atom. The first kappa shape index (κ1) is 10.0. The molecule has 1 unspecified atom stereocenters. The van der Waals surface area contributed by atoms with Gasteiger partial charge in [0.25, 0.3) is 0 Å². The van der Waals surface area contributed by atoms with Crippen molar-refractivity contribution in [1.82, 2.24) is 0 Å². The third-order valence-corrected chi connectivity index (χ3v) is 1.95. The van der Waals surface area contributed by atoms with Gasteiger partial charge in [-0.05, 0) is 6.07 Å². The van der Waals surface area contributed by atoms with Gasteiger partial charge in [-0.3, -0.25) is 0 Å². The van der Waals surface area contributed by atoms with Gasteiger partial charge >= 0.3 is 0 Å². The molecule has 0 bridgehead atoms. The van der Waals surface area contributed by atoms with Gasteiger partial charge in [-0.2, -0.15) is 0 Å². The second-order valence-electron chi connectivity index (χ2n) is 3.15. The average molecular weight is 181 g/mol. The molecule has 2 N–H and O–H groups in total. The Balaban J connectivity index is 3.04. The van der Waals surface area contributed by atoms with E-state index in [4.69, 9.17) is 5.11 Å². The lowest BCUT2D eigenvalue weighted by Gasteiger charge is -2.19. The summed E-state index contributed by atoms with van der Waals surface area (Å²) < 4.78 is 0. The van der Waals surface area contributed by atoms with Gasteiger partial charge in [0.05, 0.1) is 6.61 Å². The zero-order valence-electron chi connectivity index (χ0n) is 7.94. The van der Waals surface area contributed by atoms with Gasteiger partial charge in [-0.15, -0.1) is 0 Å². The number of anilines is 1. The van der Waals surface area contributed by atoms with Crippen LogP contribution in [0.3, 0.4) is 0 Å². The van der Waals surface area contributed by atoms with Gasteiger partial charge < -0.3 is 15.1 Å². The number of para-hydroxylation sites is 1. The molecule has 3 nitrogen and oxygen atoms in total. The van der Waals surface area contributed by atoms with Crippen LogP contribution in [0.4, 0.5) is 5.69 Å². The molecule has 0 aliphatic carbocycles. The molecular weight excluding hydrogens is 166 g/mol. The van der Waals surface area contributed by atoms with Crippen molar-refractivity contribution in [2.75, 3.05) is 25.6 Å². The molecule has 0 fully saturated rings. The molecule has 1 aromatic rings. The lowest BCUT2D eigenvalue weighted by atomic mass is 10.1. The molecule has 0 aliphatic rings. The number of benzene rings is 1. The Labute approximate surface area is 78.2 Å². The molecule has 13 heavy (non-hydrogen) atoms. The Kier molecular flexibility index (Phi) is 3.28. The molecule has 1 aromatic carbocycles. The highest BCUT2D eigenvalue weighted by molar-refractivity contribution is 5.53. The van der Waals surface area contributed by atoms with Crippen LogP contribution in [-0.4, -0.2) is 30.9 Å². The van der Waals surface area contributed by atoms with Crippen LogP contribution in [0.15, 0.2) is 24.3 Å². The second-order valence-corrected chi connectivity index (χ2v) is 3.15. The van der Waals surface area contributed by atoms with Crippen molar-refractivity contribution in [2.24, 2.45) is 0 Å². The fourth-order valence-corrected chi connectivity index (χ4v) is 1.27. The van der Waals surface area contributed by atoms with Crippen LogP contribution >= 0.6 is 0 Å². The van der Waals surface area contributed by atoms with Crippen LogP contribution in [-0.2, 0) is 0 Å². The van der Waals surface area contributed by atoms with E-state index in [1.165, 1.54) is 0 Å². The lowest BCUT2D eigenvalue weighted by molar-refractivity contribution is 0.0959. The van der Waals surface area contributed by atoms with E-state index in [9.17, 15) is 5.11 Å². The number of aliphatic hydroxyl groups is 2. The van der Waals surface area contributed by atoms with Crippen molar-refractivity contribution in [3.8, 4) is 0 Å². The minimum atomic E-state index is -0.793. The van der Waals surface area contributed by atoms with Gasteiger partial charge in [-0.1, -0.05) is 18.2 Å². The molecule has 1 rings (SSSR count). The van der Waals surface area contributed by atoms with Gasteiger partial charge in [0.1, 0.15) is 6.10 Å². The maximum atomic E-state index is 9.48. The summed E-state index contributed by atoms with van der Waals surface area (Å²) in [4.78, 5) is 1.91. The highest BCUT2D eigenvalue weighted by Crippen LogP contribution is 2.24. The van der Waals surface area contributed by atoms with E-state index < -0.39 is 6.10 Å². The second kappa shape index (κ2) is 4.25. The quantitative estimate of drug-likeness (QED) is 0.724. The van der Waals surface area contributed by atoms with E-state index in [0.717, 1.165) is 11.3 Å². The molecule has 0 saturated heterocycles. The largest absolute Gasteiger partial charge is 0.393 e. The zero-order chi connectivity index (χ0) is 9.84. The Morgan fingerprint density at radius 3 is 2.46 bits per heavy atom. The van der Waals surface area contributed by atoms with E-state index in [1.54, 1.807) is 0 Å². The molecule has 0 radical (unpaired) electrons. The first-order chi connectivity index (χ1) is 6.16. The third kappa shape index (κ3) is 2.20. The van der Waals surface area contributed by atoms with Crippen LogP contribution in [0.25, 0.3) is 0 Å². The summed E-state index contributed by atoms with van der Waals surface area (Å²) in [6.07, 6.45) is -0.793. The van der Waals surface area contributed by atoms with E-state index in [2.05, 4.69) is 0 Å². The number of aliphatic hydroxyl groups excluding tert-OH is 2. The normalized spacial score (nSPS) is 12.6. The molecule has 0 saturated carbocycles. The van der Waals surface area contributed by atoms with E-state index in [0.29, 0.717) is 0 Å². The summed E-state index contributed by atoms with van der Waals surface area (Å²) in [5.41, 5.74) is 1.69. The van der Waals surface area contributed by atoms with Crippen molar-refractivity contribution in [3.63, 3.8) is 0 Å². The molecule has 3 heteroatoms. The molecule has 0 heterocycles. The predicted molar refractivity (Wildman–Crippen MR) is 52.8 cm³/mol. The smallest absolute Gasteiger partial charge is 0.104 e. The van der Waals surface area contributed by atoms with Gasteiger partial charge in [-0.25, -0.2) is 0 Å². The molecule has 1 atom stereocenters. The van der Waals surface area contributed by atoms with Crippen molar-refractivity contribution in [3.05, 3.63) is 29.8 Å². The minimum Gasteiger partial charge on any atom is -0.393 e. The number of nitrogens with zero attached hydrogens (tertiary/aromatic N) is 1. The lowest BCUT2D eigenvalue weighted by Crippen LogP contribution is -2.14. The molecule has 0 aliphatic heterocycles. The SMILES string of the molecule is CN(C)c1ccccc1C(O)CO. The summed E-state index contributed by atoms with van der Waals surface area (Å²) in [6, 6.07) is 7.48. The van der Waals surface area contributed by atoms with Crippen LogP contribution < -0.4 is 4.90 Å². The fraction of sp³-hybridized carbons (Fsp3) is 0.400. The van der Waals surface area contributed by atoms with Crippen LogP contribution in [0.1, 0.15) is 11.7 Å². The van der Waals surface area contributed by atoms with Crippen molar-refractivity contribution in [1.29, 1.82) is 0 Å². The van der Waals surface area contributed by atoms with Gasteiger partial charge in [0, 0.05) is 25.3 Å². The predicted octanol–water partition coefficient (Wildman–Crippen LogP) is 0.778. The monoisotopic (exact) mass is 181 g/mol. The summed E-state index contributed by atoms with van der Waals surface area (Å²) in [5, 5.41) is 18.3. The molecule has 0 spiro atoms. The highest BCUT2D eigenvalue weighted by Gasteiger charge is 2.11. The summed E-state index contributed by atoms with van der Waals surface area (Å²) in [7, 11) is 3.81. The Morgan fingerprint density at radius 2 is 1.92 bits per heavy atom. The van der Waals surface area contributed by atoms with Crippen molar-refractivity contribution >= 4 is 5.69 Å². The summed E-state index contributed by atoms with van der Waals surface area (Å²) >= 11 is 0. The van der Waals surface area contributed by atoms with E-state index in [-0.39, 0.29) is 6.61 Å². The van der Waals surface area contributed by atoms with Crippen LogP contribution in [0.5, 0.6) is 0 Å². The summed E-state index contributed by atoms with van der Waals surface area (Å²) in [5.74, 6) is 0. The fourth-order valence-electron chi connectivity index (χ4n) is 1.27. The minimum absolute atomic E-state index is 0.245. The Hall–Kier alpha value is -1.06. The number of hydrogen-bond donors (Lipinski definition) is 2. The molecule has 0 amide bonds. The molecule has 0 aromatic heterocycles. The van der Waals surface area contributed by atoms with Crippen LogP contribution in [0.2, 0.25) is 0 Å². The van der Waals surface area contributed by atoms with E-state index >= 15 is 0 Å². The maximum Gasteiger partial charge on any atom is 0.104 e. The van der Waals surface area contributed by atoms with Crippen LogP contribution in [0, 0.1) is 0 Å². The average Bonchev–Trinajstić information content (AvgIpc) is 2.16. The number of rotatable bonds is 3. The molecule has 72 valence electrons. The first-order valence-electron chi connectivity index (χ1n) is 4.22. The van der Waals surface area contributed by atoms with Gasteiger partial charge in [0.15, 0.2) is 0 Å². The molecular formula is C10H15NO2. The first-order valence-corrected chi connectivity index (χ1v) is 4.22. The van der Waals surface area contributed by atoms with Crippen molar-refractivity contribution < 1.29 is 10.2 Å². The number of hydrogen-bond acceptors (Lipinski definition) is 3. The van der Waals surface area contributed by atoms with Gasteiger partial charge in [0.2, 0.25) is 0 Å². The topological polar surface area (TPSA) is 43.7 Å². The summed E-state index contributed by atoms with van der Waals surface area (Å²) in [6.45, 7) is -0.245. The highest BCUT2D eigenvalue weighted by atomic mass is 16.3. The van der Waals surface area contributed by atoms with Crippen molar-refractivity contribution in [2.45, 2.75) is 6.10 Å². The zero-order valence-corrected chi connectivity index (χ0v) is 7.94.